The molecule has 0 spiro atoms. The van der Waals surface area contributed by atoms with E-state index in [1.54, 1.807) is 6.07 Å². The molecule has 1 N–H and O–H groups in total. The summed E-state index contributed by atoms with van der Waals surface area (Å²) in [6.07, 6.45) is 1.44. The van der Waals surface area contributed by atoms with Crippen molar-refractivity contribution < 1.29 is 19.1 Å². The Kier molecular flexibility index (Phi) is 3.45. The summed E-state index contributed by atoms with van der Waals surface area (Å²) in [6.45, 7) is 0.108. The van der Waals surface area contributed by atoms with Crippen LogP contribution in [0.2, 0.25) is 0 Å². The second-order valence-electron chi connectivity index (χ2n) is 4.51. The number of rotatable bonds is 4. The van der Waals surface area contributed by atoms with Gasteiger partial charge in [0.1, 0.15) is 23.8 Å². The van der Waals surface area contributed by atoms with E-state index < -0.39 is 5.97 Å². The Labute approximate surface area is 120 Å². The minimum absolute atomic E-state index is 0.192. The van der Waals surface area contributed by atoms with Crippen LogP contribution in [0, 0.1) is 0 Å². The van der Waals surface area contributed by atoms with Crippen LogP contribution in [-0.2, 0) is 17.9 Å². The monoisotopic (exact) mass is 286 g/mol. The minimum atomic E-state index is -0.450. The number of aromatic nitrogens is 2. The molecule has 0 saturated carbocycles. The molecule has 21 heavy (non-hydrogen) atoms. The molecule has 0 aliphatic carbocycles. The summed E-state index contributed by atoms with van der Waals surface area (Å²) in [6, 6.07) is 9.12. The molecule has 0 radical (unpaired) electrons. The van der Waals surface area contributed by atoms with Crippen molar-refractivity contribution in [2.45, 2.75) is 13.2 Å². The van der Waals surface area contributed by atoms with Gasteiger partial charge in [0.05, 0.1) is 31.0 Å². The molecule has 108 valence electrons. The van der Waals surface area contributed by atoms with Gasteiger partial charge in [0.15, 0.2) is 0 Å². The number of carbonyl (C=O) groups excluding carboxylic acids is 1. The van der Waals surface area contributed by atoms with Crippen LogP contribution < -0.4 is 0 Å². The number of ether oxygens (including phenoxy) is 1. The van der Waals surface area contributed by atoms with E-state index in [-0.39, 0.29) is 6.61 Å². The summed E-state index contributed by atoms with van der Waals surface area (Å²) in [5, 5.41) is 9.47. The molecule has 1 aromatic carbocycles. The van der Waals surface area contributed by atoms with Crippen molar-refractivity contribution in [3.8, 4) is 0 Å². The van der Waals surface area contributed by atoms with Crippen molar-refractivity contribution in [3.05, 3.63) is 53.7 Å². The van der Waals surface area contributed by atoms with Gasteiger partial charge in [-0.05, 0) is 18.2 Å². The number of hydrogen-bond donors (Lipinski definition) is 1. The second-order valence-corrected chi connectivity index (χ2v) is 4.51. The number of furan rings is 1. The van der Waals surface area contributed by atoms with Crippen LogP contribution in [0.1, 0.15) is 21.9 Å². The largest absolute Gasteiger partial charge is 0.467 e. The quantitative estimate of drug-likeness (QED) is 0.742. The fourth-order valence-electron chi connectivity index (χ4n) is 2.32. The highest BCUT2D eigenvalue weighted by Gasteiger charge is 2.18. The van der Waals surface area contributed by atoms with Crippen LogP contribution in [0.5, 0.6) is 0 Å². The first-order valence-electron chi connectivity index (χ1n) is 6.44. The van der Waals surface area contributed by atoms with Crippen molar-refractivity contribution >= 4 is 17.0 Å². The summed E-state index contributed by atoms with van der Waals surface area (Å²) in [5.74, 6) is 0.539. The van der Waals surface area contributed by atoms with Crippen LogP contribution in [0.4, 0.5) is 0 Å². The first-order chi connectivity index (χ1) is 10.2. The number of esters is 1. The summed E-state index contributed by atoms with van der Waals surface area (Å²) >= 11 is 0. The maximum absolute atomic E-state index is 11.7. The van der Waals surface area contributed by atoms with Gasteiger partial charge in [0.25, 0.3) is 0 Å². The van der Waals surface area contributed by atoms with Crippen LogP contribution in [-0.4, -0.2) is 27.7 Å². The minimum Gasteiger partial charge on any atom is -0.467 e. The maximum Gasteiger partial charge on any atom is 0.341 e. The van der Waals surface area contributed by atoms with E-state index in [0.717, 1.165) is 11.0 Å². The number of benzene rings is 1. The number of methoxy groups -OCH3 is 1. The number of aliphatic hydroxyl groups excluding tert-OH is 1. The standard InChI is InChI=1S/C15H14N2O4/c1-20-15(19)10-6-7-21-13(10)8-17-12-5-3-2-4-11(12)16-14(17)9-18/h2-7,18H,8-9H2,1H3. The molecule has 6 nitrogen and oxygen atoms in total. The van der Waals surface area contributed by atoms with Crippen molar-refractivity contribution in [3.63, 3.8) is 0 Å². The fraction of sp³-hybridized carbons (Fsp3) is 0.200. The molecular weight excluding hydrogens is 272 g/mol. The third-order valence-electron chi connectivity index (χ3n) is 3.33. The van der Waals surface area contributed by atoms with Crippen molar-refractivity contribution in [1.82, 2.24) is 9.55 Å². The lowest BCUT2D eigenvalue weighted by molar-refractivity contribution is 0.0598. The normalized spacial score (nSPS) is 11.0. The lowest BCUT2D eigenvalue weighted by Crippen LogP contribution is -2.09. The van der Waals surface area contributed by atoms with E-state index in [0.29, 0.717) is 23.7 Å². The number of hydrogen-bond acceptors (Lipinski definition) is 5. The Morgan fingerprint density at radius 3 is 2.95 bits per heavy atom. The van der Waals surface area contributed by atoms with E-state index in [9.17, 15) is 9.90 Å². The SMILES string of the molecule is COC(=O)c1ccoc1Cn1c(CO)nc2ccccc21. The molecule has 0 saturated heterocycles. The van der Waals surface area contributed by atoms with E-state index in [4.69, 9.17) is 9.15 Å². The molecule has 0 amide bonds. The molecule has 6 heteroatoms. The number of aliphatic hydroxyl groups is 1. The molecule has 0 unspecified atom stereocenters. The molecule has 0 atom stereocenters. The predicted octanol–water partition coefficient (Wildman–Crippen LogP) is 1.96. The summed E-state index contributed by atoms with van der Waals surface area (Å²) in [5.41, 5.74) is 2.03. The lowest BCUT2D eigenvalue weighted by atomic mass is 10.2. The zero-order valence-corrected chi connectivity index (χ0v) is 11.4. The predicted molar refractivity (Wildman–Crippen MR) is 74.8 cm³/mol. The molecule has 3 aromatic rings. The topological polar surface area (TPSA) is 77.5 Å². The van der Waals surface area contributed by atoms with Gasteiger partial charge in [0, 0.05) is 0 Å². The molecule has 0 bridgehead atoms. The zero-order chi connectivity index (χ0) is 14.8. The Hall–Kier alpha value is -2.60. The number of carbonyl (C=O) groups is 1. The Morgan fingerprint density at radius 2 is 2.19 bits per heavy atom. The van der Waals surface area contributed by atoms with Crippen LogP contribution in [0.3, 0.4) is 0 Å². The smallest absolute Gasteiger partial charge is 0.341 e. The number of imidazole rings is 1. The Balaban J connectivity index is 2.06. The average Bonchev–Trinajstić information content (AvgIpc) is 3.12. The van der Waals surface area contributed by atoms with Crippen LogP contribution >= 0.6 is 0 Å². The maximum atomic E-state index is 11.7. The molecule has 2 heterocycles. The first kappa shape index (κ1) is 13.4. The average molecular weight is 286 g/mol. The van der Waals surface area contributed by atoms with Gasteiger partial charge in [0.2, 0.25) is 0 Å². The van der Waals surface area contributed by atoms with Gasteiger partial charge in [-0.25, -0.2) is 9.78 Å². The highest BCUT2D eigenvalue weighted by molar-refractivity contribution is 5.90. The van der Waals surface area contributed by atoms with Crippen LogP contribution in [0.25, 0.3) is 11.0 Å². The fourth-order valence-corrected chi connectivity index (χ4v) is 2.32. The molecule has 2 aromatic heterocycles. The van der Waals surface area contributed by atoms with Crippen molar-refractivity contribution in [2.24, 2.45) is 0 Å². The molecule has 0 fully saturated rings. The first-order valence-corrected chi connectivity index (χ1v) is 6.44. The Bertz CT molecular complexity index is 788. The zero-order valence-electron chi connectivity index (χ0n) is 11.4. The van der Waals surface area contributed by atoms with E-state index in [2.05, 4.69) is 4.98 Å². The molecule has 0 aliphatic heterocycles. The van der Waals surface area contributed by atoms with Gasteiger partial charge < -0.3 is 18.8 Å². The highest BCUT2D eigenvalue weighted by atomic mass is 16.5. The number of fused-ring (bicyclic) bond motifs is 1. The summed E-state index contributed by atoms with van der Waals surface area (Å²) in [7, 11) is 1.32. The number of para-hydroxylation sites is 2. The second kappa shape index (κ2) is 5.41. The summed E-state index contributed by atoms with van der Waals surface area (Å²) < 4.78 is 11.9. The van der Waals surface area contributed by atoms with E-state index in [1.165, 1.54) is 13.4 Å². The van der Waals surface area contributed by atoms with Crippen molar-refractivity contribution in [1.29, 1.82) is 0 Å². The number of nitrogens with zero attached hydrogens (tertiary/aromatic N) is 2. The summed E-state index contributed by atoms with van der Waals surface area (Å²) in [4.78, 5) is 16.0. The third kappa shape index (κ3) is 2.30. The van der Waals surface area contributed by atoms with E-state index >= 15 is 0 Å². The molecule has 3 rings (SSSR count). The van der Waals surface area contributed by atoms with Gasteiger partial charge in [-0.2, -0.15) is 0 Å². The van der Waals surface area contributed by atoms with Gasteiger partial charge >= 0.3 is 5.97 Å². The van der Waals surface area contributed by atoms with Gasteiger partial charge in [-0.3, -0.25) is 0 Å². The van der Waals surface area contributed by atoms with Crippen LogP contribution in [0.15, 0.2) is 41.0 Å². The van der Waals surface area contributed by atoms with Crippen molar-refractivity contribution in [2.75, 3.05) is 7.11 Å². The highest BCUT2D eigenvalue weighted by Crippen LogP contribution is 2.20. The lowest BCUT2D eigenvalue weighted by Gasteiger charge is -2.07. The van der Waals surface area contributed by atoms with Gasteiger partial charge in [-0.15, -0.1) is 0 Å². The molecule has 0 aliphatic rings. The Morgan fingerprint density at radius 1 is 1.38 bits per heavy atom. The van der Waals surface area contributed by atoms with E-state index in [1.807, 2.05) is 28.8 Å². The third-order valence-corrected chi connectivity index (χ3v) is 3.33. The molecular formula is C15H14N2O4. The van der Waals surface area contributed by atoms with Gasteiger partial charge in [-0.1, -0.05) is 12.1 Å².